The van der Waals surface area contributed by atoms with Gasteiger partial charge in [0.1, 0.15) is 0 Å². The van der Waals surface area contributed by atoms with Crippen LogP contribution in [0.1, 0.15) is 18.4 Å². The fourth-order valence-corrected chi connectivity index (χ4v) is 2.15. The molecule has 1 aliphatic rings. The summed E-state index contributed by atoms with van der Waals surface area (Å²) >= 11 is 0. The van der Waals surface area contributed by atoms with Crippen LogP contribution in [0.2, 0.25) is 0 Å². The first-order chi connectivity index (χ1) is 9.56. The van der Waals surface area contributed by atoms with E-state index in [9.17, 15) is 19.7 Å². The first-order valence-electron chi connectivity index (χ1n) is 6.34. The predicted octanol–water partition coefficient (Wildman–Crippen LogP) is 0.532. The lowest BCUT2D eigenvalue weighted by Crippen LogP contribution is -2.48. The predicted molar refractivity (Wildman–Crippen MR) is 71.0 cm³/mol. The molecule has 1 fully saturated rings. The molecule has 0 saturated carbocycles. The summed E-state index contributed by atoms with van der Waals surface area (Å²) in [5.41, 5.74) is 0.328. The summed E-state index contributed by atoms with van der Waals surface area (Å²) in [5, 5.41) is 16.3. The first-order valence-corrected chi connectivity index (χ1v) is 6.34. The molecule has 1 aliphatic heterocycles. The number of hydrogen-bond acceptors (Lipinski definition) is 4. The zero-order valence-corrected chi connectivity index (χ0v) is 10.8. The van der Waals surface area contributed by atoms with Gasteiger partial charge in [-0.1, -0.05) is 18.2 Å². The number of carbonyl (C=O) groups is 2. The molecule has 0 aliphatic carbocycles. The van der Waals surface area contributed by atoms with Crippen LogP contribution in [-0.2, 0) is 16.0 Å². The minimum atomic E-state index is -0.497. The second-order valence-corrected chi connectivity index (χ2v) is 4.67. The Morgan fingerprint density at radius 3 is 2.85 bits per heavy atom. The summed E-state index contributed by atoms with van der Waals surface area (Å²) in [5.74, 6) is -0.297. The van der Waals surface area contributed by atoms with E-state index in [0.29, 0.717) is 24.9 Å². The van der Waals surface area contributed by atoms with Crippen LogP contribution in [-0.4, -0.2) is 29.3 Å². The lowest BCUT2D eigenvalue weighted by Gasteiger charge is -2.23. The molecule has 2 amide bonds. The number of carbonyl (C=O) groups excluding carboxylic acids is 2. The highest BCUT2D eigenvalue weighted by Crippen LogP contribution is 2.18. The second kappa shape index (κ2) is 6.14. The molecular formula is C13H15N3O4. The van der Waals surface area contributed by atoms with Crippen molar-refractivity contribution in [2.24, 2.45) is 0 Å². The van der Waals surface area contributed by atoms with Crippen molar-refractivity contribution in [3.8, 4) is 0 Å². The van der Waals surface area contributed by atoms with Gasteiger partial charge in [-0.25, -0.2) is 0 Å². The van der Waals surface area contributed by atoms with Crippen LogP contribution < -0.4 is 10.6 Å². The lowest BCUT2D eigenvalue weighted by atomic mass is 10.1. The van der Waals surface area contributed by atoms with E-state index in [1.54, 1.807) is 18.2 Å². The summed E-state index contributed by atoms with van der Waals surface area (Å²) in [6.07, 6.45) is 0.937. The Hall–Kier alpha value is -2.44. The first kappa shape index (κ1) is 14.0. The van der Waals surface area contributed by atoms with Crippen LogP contribution >= 0.6 is 0 Å². The second-order valence-electron chi connectivity index (χ2n) is 4.67. The molecule has 7 heteroatoms. The lowest BCUT2D eigenvalue weighted by molar-refractivity contribution is -0.385. The van der Waals surface area contributed by atoms with Crippen molar-refractivity contribution in [2.75, 3.05) is 6.54 Å². The minimum absolute atomic E-state index is 0.0193. The highest BCUT2D eigenvalue weighted by atomic mass is 16.6. The molecule has 2 N–H and O–H groups in total. The number of nitro groups is 1. The quantitative estimate of drug-likeness (QED) is 0.619. The van der Waals surface area contributed by atoms with Crippen molar-refractivity contribution < 1.29 is 14.5 Å². The van der Waals surface area contributed by atoms with Gasteiger partial charge in [0.25, 0.3) is 5.69 Å². The smallest absolute Gasteiger partial charge is 0.273 e. The maximum absolute atomic E-state index is 11.9. The summed E-state index contributed by atoms with van der Waals surface area (Å²) in [6, 6.07) is 6.07. The van der Waals surface area contributed by atoms with Crippen LogP contribution in [0.25, 0.3) is 0 Å². The molecule has 0 spiro atoms. The van der Waals surface area contributed by atoms with Gasteiger partial charge in [0.05, 0.1) is 11.3 Å². The third kappa shape index (κ3) is 3.53. The van der Waals surface area contributed by atoms with E-state index in [1.807, 2.05) is 0 Å². The summed E-state index contributed by atoms with van der Waals surface area (Å²) in [7, 11) is 0. The van der Waals surface area contributed by atoms with Gasteiger partial charge >= 0.3 is 0 Å². The van der Waals surface area contributed by atoms with E-state index >= 15 is 0 Å². The van der Waals surface area contributed by atoms with Crippen molar-refractivity contribution in [1.29, 1.82) is 0 Å². The third-order valence-corrected chi connectivity index (χ3v) is 3.17. The van der Waals surface area contributed by atoms with Crippen LogP contribution in [0, 0.1) is 10.1 Å². The molecule has 1 heterocycles. The molecule has 20 heavy (non-hydrogen) atoms. The monoisotopic (exact) mass is 277 g/mol. The highest BCUT2D eigenvalue weighted by molar-refractivity contribution is 5.81. The summed E-state index contributed by atoms with van der Waals surface area (Å²) < 4.78 is 0. The maximum atomic E-state index is 11.9. The summed E-state index contributed by atoms with van der Waals surface area (Å²) in [6.45, 7) is 0.404. The van der Waals surface area contributed by atoms with Crippen molar-refractivity contribution in [3.63, 3.8) is 0 Å². The zero-order valence-electron chi connectivity index (χ0n) is 10.8. The van der Waals surface area contributed by atoms with E-state index in [0.717, 1.165) is 0 Å². The fourth-order valence-electron chi connectivity index (χ4n) is 2.15. The molecule has 1 saturated heterocycles. The molecule has 1 aromatic rings. The van der Waals surface area contributed by atoms with Crippen molar-refractivity contribution in [1.82, 2.24) is 10.6 Å². The average Bonchev–Trinajstić information content (AvgIpc) is 2.41. The number of amides is 2. The minimum Gasteiger partial charge on any atom is -0.354 e. The van der Waals surface area contributed by atoms with Crippen LogP contribution in [0.5, 0.6) is 0 Å². The highest BCUT2D eigenvalue weighted by Gasteiger charge is 2.21. The van der Waals surface area contributed by atoms with Gasteiger partial charge < -0.3 is 10.6 Å². The molecule has 2 rings (SSSR count). The number of piperidine rings is 1. The number of benzene rings is 1. The molecule has 1 atom stereocenters. The maximum Gasteiger partial charge on any atom is 0.273 e. The topological polar surface area (TPSA) is 101 Å². The molecule has 0 bridgehead atoms. The van der Waals surface area contributed by atoms with E-state index in [4.69, 9.17) is 0 Å². The largest absolute Gasteiger partial charge is 0.354 e. The third-order valence-electron chi connectivity index (χ3n) is 3.17. The Morgan fingerprint density at radius 1 is 1.45 bits per heavy atom. The van der Waals surface area contributed by atoms with Gasteiger partial charge in [0.2, 0.25) is 11.8 Å². The Morgan fingerprint density at radius 2 is 2.20 bits per heavy atom. The molecule has 0 radical (unpaired) electrons. The van der Waals surface area contributed by atoms with Gasteiger partial charge in [-0.05, 0) is 6.42 Å². The molecule has 0 aromatic heterocycles. The van der Waals surface area contributed by atoms with Crippen molar-refractivity contribution in [2.45, 2.75) is 25.3 Å². The SMILES string of the molecule is O=C1CCC(NC(=O)Cc2ccccc2[N+](=O)[O-])CN1. The fraction of sp³-hybridized carbons (Fsp3) is 0.385. The number of nitro benzene ring substituents is 1. The number of nitrogens with one attached hydrogen (secondary N) is 2. The Balaban J connectivity index is 1.95. The number of para-hydroxylation sites is 1. The Kier molecular flexibility index (Phi) is 4.29. The van der Waals surface area contributed by atoms with Crippen LogP contribution in [0.15, 0.2) is 24.3 Å². The van der Waals surface area contributed by atoms with E-state index < -0.39 is 4.92 Å². The summed E-state index contributed by atoms with van der Waals surface area (Å²) in [4.78, 5) is 33.3. The molecule has 106 valence electrons. The molecule has 7 nitrogen and oxygen atoms in total. The van der Waals surface area contributed by atoms with Crippen molar-refractivity contribution >= 4 is 17.5 Å². The van der Waals surface area contributed by atoms with Crippen molar-refractivity contribution in [3.05, 3.63) is 39.9 Å². The number of rotatable bonds is 4. The van der Waals surface area contributed by atoms with Gasteiger partial charge in [-0.15, -0.1) is 0 Å². The van der Waals surface area contributed by atoms with Crippen LogP contribution in [0.3, 0.4) is 0 Å². The number of nitrogens with zero attached hydrogens (tertiary/aromatic N) is 1. The molecular weight excluding hydrogens is 262 g/mol. The zero-order chi connectivity index (χ0) is 14.5. The van der Waals surface area contributed by atoms with Gasteiger partial charge in [-0.2, -0.15) is 0 Å². The van der Waals surface area contributed by atoms with Gasteiger partial charge in [-0.3, -0.25) is 19.7 Å². The molecule has 1 aromatic carbocycles. The van der Waals surface area contributed by atoms with Gasteiger partial charge in [0.15, 0.2) is 0 Å². The van der Waals surface area contributed by atoms with Crippen LogP contribution in [0.4, 0.5) is 5.69 Å². The Labute approximate surface area is 115 Å². The standard InChI is InChI=1S/C13H15N3O4/c17-12-6-5-10(8-14-12)15-13(18)7-9-3-1-2-4-11(9)16(19)20/h1-4,10H,5-8H2,(H,14,17)(H,15,18). The van der Waals surface area contributed by atoms with E-state index in [2.05, 4.69) is 10.6 Å². The normalized spacial score (nSPS) is 18.2. The van der Waals surface area contributed by atoms with Gasteiger partial charge in [0, 0.05) is 30.6 Å². The number of hydrogen-bond donors (Lipinski definition) is 2. The van der Waals surface area contributed by atoms with E-state index in [-0.39, 0.29) is 30.0 Å². The molecule has 1 unspecified atom stereocenters. The Bertz CT molecular complexity index is 534. The van der Waals surface area contributed by atoms with E-state index in [1.165, 1.54) is 6.07 Å². The average molecular weight is 277 g/mol.